The van der Waals surface area contributed by atoms with Crippen molar-refractivity contribution < 1.29 is 19.7 Å². The second kappa shape index (κ2) is 11.3. The molecule has 6 rings (SSSR count). The summed E-state index contributed by atoms with van der Waals surface area (Å²) >= 11 is 7.72. The Kier molecular flexibility index (Phi) is 7.83. The lowest BCUT2D eigenvalue weighted by Crippen LogP contribution is -2.56. The van der Waals surface area contributed by atoms with Gasteiger partial charge in [0.25, 0.3) is 5.56 Å². The summed E-state index contributed by atoms with van der Waals surface area (Å²) in [6, 6.07) is 7.83. The van der Waals surface area contributed by atoms with E-state index in [2.05, 4.69) is 16.9 Å². The van der Waals surface area contributed by atoms with Gasteiger partial charge in [-0.2, -0.15) is 0 Å². The molecule has 0 saturated heterocycles. The third-order valence-electron chi connectivity index (χ3n) is 8.88. The molecule has 1 unspecified atom stereocenters. The predicted octanol–water partition coefficient (Wildman–Crippen LogP) is 5.27. The van der Waals surface area contributed by atoms with Crippen LogP contribution >= 0.6 is 22.9 Å². The summed E-state index contributed by atoms with van der Waals surface area (Å²) in [6.45, 7) is 6.12. The fourth-order valence-electron chi connectivity index (χ4n) is 6.54. The van der Waals surface area contributed by atoms with Crippen LogP contribution in [0.25, 0.3) is 21.3 Å². The van der Waals surface area contributed by atoms with Crippen molar-refractivity contribution in [1.29, 1.82) is 0 Å². The van der Waals surface area contributed by atoms with Crippen LogP contribution in [0.1, 0.15) is 59.3 Å². The Morgan fingerprint density at radius 3 is 2.70 bits per heavy atom. The van der Waals surface area contributed by atoms with Crippen molar-refractivity contribution in [2.75, 3.05) is 13.7 Å². The molecule has 1 aromatic carbocycles. The average Bonchev–Trinajstić information content (AvgIpc) is 3.37. The van der Waals surface area contributed by atoms with E-state index in [9.17, 15) is 19.8 Å². The molecule has 0 aliphatic heterocycles. The monoisotopic (exact) mass is 622 g/mol. The van der Waals surface area contributed by atoms with Gasteiger partial charge in [0.15, 0.2) is 0 Å². The first-order chi connectivity index (χ1) is 20.4. The van der Waals surface area contributed by atoms with Gasteiger partial charge in [0, 0.05) is 44.9 Å². The number of hydrogen-bond donors (Lipinski definition) is 2. The largest absolute Gasteiger partial charge is 0.491 e. The number of fused-ring (bicyclic) bond motifs is 2. The van der Waals surface area contributed by atoms with E-state index in [4.69, 9.17) is 21.3 Å². The summed E-state index contributed by atoms with van der Waals surface area (Å²) in [6.07, 6.45) is 3.87. The van der Waals surface area contributed by atoms with Crippen molar-refractivity contribution in [2.45, 2.75) is 77.1 Å². The molecule has 1 atom stereocenters. The molecule has 2 aliphatic carbocycles. The van der Waals surface area contributed by atoms with Crippen LogP contribution in [0.15, 0.2) is 34.4 Å². The van der Waals surface area contributed by atoms with Crippen molar-refractivity contribution in [2.24, 2.45) is 0 Å². The van der Waals surface area contributed by atoms with E-state index in [0.29, 0.717) is 46.8 Å². The predicted molar refractivity (Wildman–Crippen MR) is 168 cm³/mol. The van der Waals surface area contributed by atoms with E-state index in [-0.39, 0.29) is 23.8 Å². The van der Waals surface area contributed by atoms with Gasteiger partial charge in [-0.15, -0.1) is 11.3 Å². The number of aryl methyl sites for hydroxylation is 3. The molecule has 3 heterocycles. The standard InChI is InChI=1S/C32H35ClN4O5S/c1-17-11-23(29-28(34-17)25(16-43-29)31(39)40)22-12-19(33)5-8-27(22)42-10-9-37-18(2)35-26-7-6-20(13-24(26)30(37)38)36(4)21-14-32(3,41)15-21/h5,8,11-12,16,20-21,41H,6-7,9-10,13-15H2,1-4H3,(H,39,40). The fourth-order valence-corrected chi connectivity index (χ4v) is 7.72. The van der Waals surface area contributed by atoms with E-state index in [0.717, 1.165) is 52.8 Å². The highest BCUT2D eigenvalue weighted by Gasteiger charge is 2.42. The number of pyridine rings is 1. The Bertz CT molecular complexity index is 1790. The van der Waals surface area contributed by atoms with Crippen LogP contribution < -0.4 is 10.3 Å². The third kappa shape index (κ3) is 5.69. The molecular weight excluding hydrogens is 588 g/mol. The van der Waals surface area contributed by atoms with Gasteiger partial charge in [-0.25, -0.2) is 9.78 Å². The van der Waals surface area contributed by atoms with Gasteiger partial charge in [-0.05, 0) is 84.2 Å². The zero-order valence-corrected chi connectivity index (χ0v) is 26.3. The van der Waals surface area contributed by atoms with Crippen LogP contribution in [0.2, 0.25) is 5.02 Å². The number of nitrogens with zero attached hydrogens (tertiary/aromatic N) is 4. The Morgan fingerprint density at radius 2 is 1.98 bits per heavy atom. The van der Waals surface area contributed by atoms with Crippen LogP contribution in [0.5, 0.6) is 5.75 Å². The molecule has 226 valence electrons. The number of likely N-dealkylation sites (N-methyl/N-ethyl adjacent to an activating group) is 1. The highest BCUT2D eigenvalue weighted by atomic mass is 35.5. The molecule has 0 spiro atoms. The molecule has 0 amide bonds. The highest BCUT2D eigenvalue weighted by Crippen LogP contribution is 2.40. The van der Waals surface area contributed by atoms with Crippen LogP contribution in [-0.4, -0.2) is 67.0 Å². The summed E-state index contributed by atoms with van der Waals surface area (Å²) in [7, 11) is 2.10. The van der Waals surface area contributed by atoms with Gasteiger partial charge in [-0.1, -0.05) is 11.6 Å². The lowest BCUT2D eigenvalue weighted by atomic mass is 9.75. The van der Waals surface area contributed by atoms with Crippen LogP contribution in [-0.2, 0) is 19.4 Å². The molecular formula is C32H35ClN4O5S. The van der Waals surface area contributed by atoms with Crippen molar-refractivity contribution in [3.8, 4) is 16.9 Å². The Morgan fingerprint density at radius 1 is 1.21 bits per heavy atom. The molecule has 43 heavy (non-hydrogen) atoms. The number of benzene rings is 1. The molecule has 2 N–H and O–H groups in total. The number of halogens is 1. The van der Waals surface area contributed by atoms with E-state index in [1.807, 2.05) is 26.8 Å². The Labute approximate surface area is 258 Å². The maximum absolute atomic E-state index is 13.7. The third-order valence-corrected chi connectivity index (χ3v) is 10.1. The lowest BCUT2D eigenvalue weighted by Gasteiger charge is -2.48. The quantitative estimate of drug-likeness (QED) is 0.273. The maximum Gasteiger partial charge on any atom is 0.338 e. The topological polar surface area (TPSA) is 118 Å². The van der Waals surface area contributed by atoms with Crippen molar-refractivity contribution >= 4 is 39.1 Å². The molecule has 11 heteroatoms. The molecule has 9 nitrogen and oxygen atoms in total. The van der Waals surface area contributed by atoms with E-state index in [1.165, 1.54) is 11.3 Å². The van der Waals surface area contributed by atoms with Crippen LogP contribution in [0.4, 0.5) is 0 Å². The Balaban J connectivity index is 1.23. The minimum atomic E-state index is -1.02. The summed E-state index contributed by atoms with van der Waals surface area (Å²) in [5.74, 6) is 0.222. The maximum atomic E-state index is 13.7. The number of aromatic carboxylic acids is 1. The smallest absolute Gasteiger partial charge is 0.338 e. The second-order valence-corrected chi connectivity index (χ2v) is 13.4. The zero-order valence-electron chi connectivity index (χ0n) is 24.7. The number of hydrogen-bond acceptors (Lipinski definition) is 8. The molecule has 0 radical (unpaired) electrons. The SMILES string of the molecule is Cc1cc(-c2cc(Cl)ccc2OCCn2c(C)nc3c(c2=O)CC(N(C)C2CC(C)(O)C2)CC3)c2scc(C(=O)O)c2n1. The summed E-state index contributed by atoms with van der Waals surface area (Å²) in [5, 5.41) is 22.0. The number of carbonyl (C=O) groups is 1. The fraction of sp³-hybridized carbons (Fsp3) is 0.438. The van der Waals surface area contributed by atoms with E-state index >= 15 is 0 Å². The van der Waals surface area contributed by atoms with Crippen molar-refractivity contribution in [3.63, 3.8) is 0 Å². The molecule has 3 aromatic heterocycles. The molecule has 1 saturated carbocycles. The number of aromatic nitrogens is 3. The van der Waals surface area contributed by atoms with Gasteiger partial charge in [-0.3, -0.25) is 19.2 Å². The average molecular weight is 623 g/mol. The number of ether oxygens (including phenoxy) is 1. The Hall–Kier alpha value is -3.31. The zero-order chi connectivity index (χ0) is 30.6. The van der Waals surface area contributed by atoms with E-state index in [1.54, 1.807) is 28.1 Å². The number of carboxylic acids is 1. The molecule has 2 aliphatic rings. The molecule has 4 aromatic rings. The minimum absolute atomic E-state index is 0.0209. The summed E-state index contributed by atoms with van der Waals surface area (Å²) < 4.78 is 8.70. The van der Waals surface area contributed by atoms with Crippen molar-refractivity contribution in [1.82, 2.24) is 19.4 Å². The number of thiophene rings is 1. The summed E-state index contributed by atoms with van der Waals surface area (Å²) in [4.78, 5) is 37.1. The van der Waals surface area contributed by atoms with Crippen LogP contribution in [0.3, 0.4) is 0 Å². The first kappa shape index (κ1) is 29.7. The van der Waals surface area contributed by atoms with Crippen LogP contribution in [0, 0.1) is 13.8 Å². The first-order valence-electron chi connectivity index (χ1n) is 14.5. The van der Waals surface area contributed by atoms with Gasteiger partial charge >= 0.3 is 5.97 Å². The molecule has 1 fully saturated rings. The number of rotatable bonds is 8. The van der Waals surface area contributed by atoms with Gasteiger partial charge in [0.2, 0.25) is 0 Å². The highest BCUT2D eigenvalue weighted by molar-refractivity contribution is 7.18. The van der Waals surface area contributed by atoms with E-state index < -0.39 is 11.6 Å². The molecule has 0 bridgehead atoms. The first-order valence-corrected chi connectivity index (χ1v) is 15.8. The second-order valence-electron chi connectivity index (χ2n) is 12.1. The van der Waals surface area contributed by atoms with Crippen molar-refractivity contribution in [3.05, 3.63) is 73.4 Å². The lowest BCUT2D eigenvalue weighted by molar-refractivity contribution is -0.0822. The normalized spacial score (nSPS) is 21.6. The van der Waals surface area contributed by atoms with Gasteiger partial charge < -0.3 is 14.9 Å². The minimum Gasteiger partial charge on any atom is -0.491 e. The van der Waals surface area contributed by atoms with Gasteiger partial charge in [0.05, 0.1) is 33.6 Å². The van der Waals surface area contributed by atoms with Gasteiger partial charge in [0.1, 0.15) is 18.2 Å². The number of aliphatic hydroxyl groups is 1. The number of carboxylic acid groups (broad SMARTS) is 1. The summed E-state index contributed by atoms with van der Waals surface area (Å²) in [5.41, 5.74) is 3.86.